The van der Waals surface area contributed by atoms with Crippen molar-refractivity contribution in [2.45, 2.75) is 0 Å². The minimum atomic E-state index is -1.28. The largest absolute Gasteiger partial charge is 0.123 e. The van der Waals surface area contributed by atoms with E-state index < -0.39 is 6.95 Å². The van der Waals surface area contributed by atoms with Crippen LogP contribution in [0, 0.1) is 0 Å². The molecule has 0 atom stereocenters. The summed E-state index contributed by atoms with van der Waals surface area (Å²) in [5.74, 6) is 0. The van der Waals surface area contributed by atoms with Crippen LogP contribution in [-0.4, -0.2) is 13.3 Å². The molecule has 22 heavy (non-hydrogen) atoms. The molecular weight excluding hydrogens is 302 g/mol. The standard InChI is InChI=1S/C20H21P2/c1-22(2,20-16-10-5-11-17-20)21(18-12-6-3-7-13-18)19-14-8-4-9-15-19/h3-17H,1-2H3/q+1. The molecule has 0 saturated heterocycles. The van der Waals surface area contributed by atoms with E-state index in [2.05, 4.69) is 104 Å². The number of hydrogen-bond acceptors (Lipinski definition) is 0. The van der Waals surface area contributed by atoms with Crippen molar-refractivity contribution in [2.24, 2.45) is 0 Å². The van der Waals surface area contributed by atoms with Crippen LogP contribution in [0.15, 0.2) is 91.0 Å². The Bertz CT molecular complexity index is 667. The first kappa shape index (κ1) is 15.4. The molecule has 0 aromatic heterocycles. The molecule has 3 rings (SSSR count). The van der Waals surface area contributed by atoms with Crippen LogP contribution >= 0.6 is 14.6 Å². The highest BCUT2D eigenvalue weighted by atomic mass is 32.1. The summed E-state index contributed by atoms with van der Waals surface area (Å²) in [6.45, 7) is 3.68. The maximum atomic E-state index is 2.48. The molecule has 0 heterocycles. The summed E-state index contributed by atoms with van der Waals surface area (Å²) in [5, 5.41) is 4.46. The van der Waals surface area contributed by atoms with Gasteiger partial charge in [0.1, 0.15) is 7.61 Å². The molecule has 0 aliphatic rings. The summed E-state index contributed by atoms with van der Waals surface area (Å²) in [7, 11) is -0.359. The minimum Gasteiger partial charge on any atom is -0.0622 e. The van der Waals surface area contributed by atoms with E-state index in [9.17, 15) is 0 Å². The smallest absolute Gasteiger partial charge is 0.0622 e. The second kappa shape index (κ2) is 6.74. The Kier molecular flexibility index (Phi) is 4.72. The van der Waals surface area contributed by atoms with Gasteiger partial charge in [0.15, 0.2) is 0 Å². The second-order valence-electron chi connectivity index (χ2n) is 5.71. The molecule has 2 heteroatoms. The van der Waals surface area contributed by atoms with Crippen LogP contribution < -0.4 is 15.9 Å². The van der Waals surface area contributed by atoms with E-state index in [1.54, 1.807) is 0 Å². The Morgan fingerprint density at radius 2 is 0.909 bits per heavy atom. The molecule has 0 aliphatic heterocycles. The molecule has 0 radical (unpaired) electrons. The zero-order valence-electron chi connectivity index (χ0n) is 13.1. The summed E-state index contributed by atoms with van der Waals surface area (Å²) < 4.78 is 0. The lowest BCUT2D eigenvalue weighted by Gasteiger charge is -2.28. The van der Waals surface area contributed by atoms with Crippen LogP contribution in [0.1, 0.15) is 0 Å². The average Bonchev–Trinajstić information content (AvgIpc) is 2.58. The van der Waals surface area contributed by atoms with Crippen molar-refractivity contribution >= 4 is 30.5 Å². The summed E-state index contributed by atoms with van der Waals surface area (Å²) in [6, 6.07) is 33.1. The Balaban J connectivity index is 2.14. The molecule has 0 N–H and O–H groups in total. The highest BCUT2D eigenvalue weighted by molar-refractivity contribution is 8.46. The molecular formula is C20H21P2+. The minimum absolute atomic E-state index is 0.359. The fourth-order valence-corrected chi connectivity index (χ4v) is 11.6. The van der Waals surface area contributed by atoms with Crippen LogP contribution in [0.3, 0.4) is 0 Å². The van der Waals surface area contributed by atoms with Gasteiger partial charge < -0.3 is 0 Å². The Labute approximate surface area is 135 Å². The number of rotatable bonds is 4. The predicted octanol–water partition coefficient (Wildman–Crippen LogP) is 4.64. The summed E-state index contributed by atoms with van der Waals surface area (Å²) in [5.41, 5.74) is 0. The van der Waals surface area contributed by atoms with Crippen molar-refractivity contribution in [1.82, 2.24) is 0 Å². The van der Waals surface area contributed by atoms with Crippen molar-refractivity contribution in [3.63, 3.8) is 0 Å². The Hall–Kier alpha value is -1.48. The van der Waals surface area contributed by atoms with Gasteiger partial charge >= 0.3 is 0 Å². The van der Waals surface area contributed by atoms with E-state index >= 15 is 0 Å². The number of benzene rings is 3. The quantitative estimate of drug-likeness (QED) is 0.614. The van der Waals surface area contributed by atoms with Crippen LogP contribution in [0.4, 0.5) is 0 Å². The van der Waals surface area contributed by atoms with E-state index in [1.807, 2.05) is 0 Å². The van der Waals surface area contributed by atoms with Gasteiger partial charge in [0.2, 0.25) is 0 Å². The maximum Gasteiger partial charge on any atom is 0.123 e. The molecule has 0 bridgehead atoms. The monoisotopic (exact) mass is 323 g/mol. The highest BCUT2D eigenvalue weighted by Crippen LogP contribution is 2.77. The Morgan fingerprint density at radius 1 is 0.545 bits per heavy atom. The second-order valence-corrected chi connectivity index (χ2v) is 14.9. The molecule has 110 valence electrons. The molecule has 3 aromatic rings. The van der Waals surface area contributed by atoms with Crippen LogP contribution in [0.25, 0.3) is 0 Å². The van der Waals surface area contributed by atoms with Gasteiger partial charge in [-0.05, 0) is 12.1 Å². The lowest BCUT2D eigenvalue weighted by atomic mass is 10.4. The lowest BCUT2D eigenvalue weighted by molar-refractivity contribution is 1.75. The molecule has 0 saturated carbocycles. The lowest BCUT2D eigenvalue weighted by Crippen LogP contribution is -2.19. The third-order valence-electron chi connectivity index (χ3n) is 3.89. The SMILES string of the molecule is C[P+](C)(c1ccccc1)P(c1ccccc1)c1ccccc1. The van der Waals surface area contributed by atoms with Crippen LogP contribution in [0.5, 0.6) is 0 Å². The van der Waals surface area contributed by atoms with Gasteiger partial charge in [0, 0.05) is 10.6 Å². The molecule has 0 unspecified atom stereocenters. The van der Waals surface area contributed by atoms with Gasteiger partial charge in [-0.2, -0.15) is 0 Å². The first-order valence-corrected chi connectivity index (χ1v) is 12.2. The summed E-state index contributed by atoms with van der Waals surface area (Å²) >= 11 is 0. The van der Waals surface area contributed by atoms with Crippen molar-refractivity contribution in [3.05, 3.63) is 91.0 Å². The van der Waals surface area contributed by atoms with E-state index in [0.29, 0.717) is 0 Å². The zero-order chi connectivity index (χ0) is 15.4. The molecule has 0 nitrogen and oxygen atoms in total. The highest BCUT2D eigenvalue weighted by Gasteiger charge is 2.41. The predicted molar refractivity (Wildman–Crippen MR) is 104 cm³/mol. The van der Waals surface area contributed by atoms with Gasteiger partial charge in [-0.1, -0.05) is 78.9 Å². The molecule has 0 amide bonds. The fourth-order valence-electron chi connectivity index (χ4n) is 2.77. The van der Waals surface area contributed by atoms with Crippen LogP contribution in [0.2, 0.25) is 0 Å². The maximum absolute atomic E-state index is 2.48. The summed E-state index contributed by atoms with van der Waals surface area (Å²) in [6.07, 6.45) is 0. The first-order chi connectivity index (χ1) is 10.7. The third-order valence-corrected chi connectivity index (χ3v) is 13.1. The third kappa shape index (κ3) is 3.14. The van der Waals surface area contributed by atoms with E-state index in [-0.39, 0.29) is 7.61 Å². The van der Waals surface area contributed by atoms with Crippen LogP contribution in [-0.2, 0) is 0 Å². The van der Waals surface area contributed by atoms with Crippen molar-refractivity contribution < 1.29 is 0 Å². The normalized spacial score (nSPS) is 11.6. The van der Waals surface area contributed by atoms with E-state index in [0.717, 1.165) is 0 Å². The van der Waals surface area contributed by atoms with E-state index in [1.165, 1.54) is 15.9 Å². The topological polar surface area (TPSA) is 0 Å². The van der Waals surface area contributed by atoms with Gasteiger partial charge in [0.25, 0.3) is 0 Å². The average molecular weight is 323 g/mol. The summed E-state index contributed by atoms with van der Waals surface area (Å²) in [4.78, 5) is 0. The van der Waals surface area contributed by atoms with Gasteiger partial charge in [0.05, 0.1) is 25.6 Å². The van der Waals surface area contributed by atoms with Gasteiger partial charge in [-0.25, -0.2) is 0 Å². The molecule has 0 fully saturated rings. The first-order valence-electron chi connectivity index (χ1n) is 7.50. The molecule has 0 aliphatic carbocycles. The zero-order valence-corrected chi connectivity index (χ0v) is 14.8. The Morgan fingerprint density at radius 3 is 1.32 bits per heavy atom. The van der Waals surface area contributed by atoms with E-state index in [4.69, 9.17) is 0 Å². The van der Waals surface area contributed by atoms with Crippen molar-refractivity contribution in [3.8, 4) is 0 Å². The molecule has 3 aromatic carbocycles. The van der Waals surface area contributed by atoms with Crippen molar-refractivity contribution in [2.75, 3.05) is 13.3 Å². The molecule has 0 spiro atoms. The fraction of sp³-hybridized carbons (Fsp3) is 0.100. The van der Waals surface area contributed by atoms with Crippen molar-refractivity contribution in [1.29, 1.82) is 0 Å². The van der Waals surface area contributed by atoms with Gasteiger partial charge in [-0.15, -0.1) is 0 Å². The number of hydrogen-bond donors (Lipinski definition) is 0. The van der Waals surface area contributed by atoms with Gasteiger partial charge in [-0.3, -0.25) is 0 Å².